The Balaban J connectivity index is 1.58. The molecule has 0 atom stereocenters. The highest BCUT2D eigenvalue weighted by molar-refractivity contribution is 6.27. The van der Waals surface area contributed by atoms with Crippen LogP contribution in [0.4, 0.5) is 0 Å². The van der Waals surface area contributed by atoms with E-state index in [0.29, 0.717) is 22.3 Å². The number of Topliss-reactive ketones (excluding diaryl/α,β-unsaturated/α-hetero) is 4. The number of methoxy groups -OCH3 is 2. The van der Waals surface area contributed by atoms with Gasteiger partial charge in [-0.1, -0.05) is 60.7 Å². The lowest BCUT2D eigenvalue weighted by Gasteiger charge is -2.19. The van der Waals surface area contributed by atoms with Crippen LogP contribution in [0.1, 0.15) is 54.3 Å². The predicted molar refractivity (Wildman–Crippen MR) is 117 cm³/mol. The molecule has 6 heteroatoms. The van der Waals surface area contributed by atoms with Gasteiger partial charge in [-0.3, -0.25) is 19.2 Å². The quantitative estimate of drug-likeness (QED) is 0.638. The first-order valence-electron chi connectivity index (χ1n) is 10.1. The highest BCUT2D eigenvalue weighted by atomic mass is 16.5. The van der Waals surface area contributed by atoms with Crippen LogP contribution in [0.25, 0.3) is 0 Å². The van der Waals surface area contributed by atoms with E-state index in [2.05, 4.69) is 0 Å². The summed E-state index contributed by atoms with van der Waals surface area (Å²) >= 11 is 0. The van der Waals surface area contributed by atoms with Crippen molar-refractivity contribution in [3.05, 3.63) is 106 Å². The molecule has 2 aromatic rings. The van der Waals surface area contributed by atoms with Gasteiger partial charge in [0.2, 0.25) is 11.6 Å². The second kappa shape index (κ2) is 8.59. The average molecular weight is 428 g/mol. The molecule has 0 amide bonds. The Kier molecular flexibility index (Phi) is 5.69. The predicted octanol–water partition coefficient (Wildman–Crippen LogP) is 4.28. The Morgan fingerprint density at radius 3 is 1.19 bits per heavy atom. The van der Waals surface area contributed by atoms with Crippen molar-refractivity contribution in [3.63, 3.8) is 0 Å². The minimum atomic E-state index is -0.333. The van der Waals surface area contributed by atoms with E-state index in [9.17, 15) is 19.2 Å². The molecular formula is C26H20O6. The van der Waals surface area contributed by atoms with Crippen molar-refractivity contribution in [2.75, 3.05) is 14.2 Å². The van der Waals surface area contributed by atoms with Gasteiger partial charge < -0.3 is 9.47 Å². The Bertz CT molecular complexity index is 1160. The number of benzene rings is 2. The van der Waals surface area contributed by atoms with Crippen molar-refractivity contribution >= 4 is 23.1 Å². The first-order chi connectivity index (χ1) is 15.5. The fraction of sp³-hybridized carbons (Fsp3) is 0.154. The molecule has 2 aromatic carbocycles. The van der Waals surface area contributed by atoms with Crippen LogP contribution in [0, 0.1) is 0 Å². The number of ketones is 4. The molecule has 0 spiro atoms. The number of ether oxygens (including phenoxy) is 2. The van der Waals surface area contributed by atoms with Crippen LogP contribution in [0.2, 0.25) is 0 Å². The summed E-state index contributed by atoms with van der Waals surface area (Å²) in [5.74, 6) is -1.16. The van der Waals surface area contributed by atoms with Crippen LogP contribution in [0.15, 0.2) is 83.3 Å². The molecule has 0 aliphatic heterocycles. The van der Waals surface area contributed by atoms with Crippen molar-refractivity contribution in [2.24, 2.45) is 0 Å². The smallest absolute Gasteiger partial charge is 0.228 e. The van der Waals surface area contributed by atoms with E-state index in [1.165, 1.54) is 14.2 Å². The van der Waals surface area contributed by atoms with E-state index in [4.69, 9.17) is 9.47 Å². The van der Waals surface area contributed by atoms with Gasteiger partial charge in [-0.15, -0.1) is 0 Å². The Hall–Kier alpha value is -4.06. The van der Waals surface area contributed by atoms with E-state index in [1.54, 1.807) is 60.7 Å². The molecule has 0 N–H and O–H groups in total. The number of carbonyl (C=O) groups is 4. The maximum Gasteiger partial charge on any atom is 0.228 e. The minimum absolute atomic E-state index is 0.0213. The van der Waals surface area contributed by atoms with Gasteiger partial charge in [-0.25, -0.2) is 0 Å². The summed E-state index contributed by atoms with van der Waals surface area (Å²) in [6.07, 6.45) is 3.67. The van der Waals surface area contributed by atoms with Gasteiger partial charge in [-0.05, 0) is 12.8 Å². The zero-order valence-electron chi connectivity index (χ0n) is 17.6. The van der Waals surface area contributed by atoms with Gasteiger partial charge in [0.25, 0.3) is 0 Å². The first-order valence-corrected chi connectivity index (χ1v) is 10.1. The molecule has 0 heterocycles. The topological polar surface area (TPSA) is 86.7 Å². The number of hydrogen-bond acceptors (Lipinski definition) is 6. The van der Waals surface area contributed by atoms with Crippen LogP contribution in [-0.4, -0.2) is 37.4 Å². The molecule has 0 bridgehead atoms. The van der Waals surface area contributed by atoms with Crippen LogP contribution in [0.3, 0.4) is 0 Å². The number of allylic oxidation sites excluding steroid dienone is 6. The van der Waals surface area contributed by atoms with E-state index in [0.717, 1.165) is 0 Å². The molecule has 2 aliphatic rings. The molecule has 32 heavy (non-hydrogen) atoms. The lowest BCUT2D eigenvalue weighted by molar-refractivity contribution is 0.0903. The fourth-order valence-corrected chi connectivity index (χ4v) is 4.01. The SMILES string of the molecule is COC1=C(CC=CCC2=C(OC)C(=O)c3ccccc3C2=O)C(=O)c2ccccc2C1=O. The molecule has 0 saturated heterocycles. The lowest BCUT2D eigenvalue weighted by atomic mass is 9.85. The molecule has 0 radical (unpaired) electrons. The molecule has 4 rings (SSSR count). The lowest BCUT2D eigenvalue weighted by Crippen LogP contribution is -2.23. The summed E-state index contributed by atoms with van der Waals surface area (Å²) in [5, 5.41) is 0. The van der Waals surface area contributed by atoms with Gasteiger partial charge in [-0.2, -0.15) is 0 Å². The molecule has 0 unspecified atom stereocenters. The van der Waals surface area contributed by atoms with Gasteiger partial charge in [0, 0.05) is 33.4 Å². The number of fused-ring (bicyclic) bond motifs is 2. The summed E-state index contributed by atoms with van der Waals surface area (Å²) < 4.78 is 10.5. The maximum atomic E-state index is 12.9. The van der Waals surface area contributed by atoms with E-state index >= 15 is 0 Å². The van der Waals surface area contributed by atoms with Crippen molar-refractivity contribution in [1.82, 2.24) is 0 Å². The summed E-state index contributed by atoms with van der Waals surface area (Å²) in [6, 6.07) is 13.2. The van der Waals surface area contributed by atoms with Crippen molar-refractivity contribution < 1.29 is 28.7 Å². The molecule has 6 nitrogen and oxygen atoms in total. The Morgan fingerprint density at radius 1 is 0.562 bits per heavy atom. The molecular weight excluding hydrogens is 408 g/mol. The molecule has 2 aliphatic carbocycles. The third kappa shape index (κ3) is 3.39. The van der Waals surface area contributed by atoms with Crippen LogP contribution in [0.5, 0.6) is 0 Å². The third-order valence-electron chi connectivity index (χ3n) is 5.56. The highest BCUT2D eigenvalue weighted by Crippen LogP contribution is 2.30. The number of rotatable bonds is 6. The second-order valence-electron chi connectivity index (χ2n) is 7.31. The van der Waals surface area contributed by atoms with Crippen LogP contribution < -0.4 is 0 Å². The zero-order chi connectivity index (χ0) is 22.8. The monoisotopic (exact) mass is 428 g/mol. The van der Waals surface area contributed by atoms with Crippen LogP contribution in [-0.2, 0) is 9.47 Å². The largest absolute Gasteiger partial charge is 0.492 e. The fourth-order valence-electron chi connectivity index (χ4n) is 4.01. The van der Waals surface area contributed by atoms with Gasteiger partial charge in [0.05, 0.1) is 14.2 Å². The number of carbonyl (C=O) groups excluding carboxylic acids is 4. The number of hydrogen-bond donors (Lipinski definition) is 0. The second-order valence-corrected chi connectivity index (χ2v) is 7.31. The third-order valence-corrected chi connectivity index (χ3v) is 5.56. The van der Waals surface area contributed by atoms with E-state index in [-0.39, 0.29) is 58.6 Å². The van der Waals surface area contributed by atoms with Crippen molar-refractivity contribution in [3.8, 4) is 0 Å². The maximum absolute atomic E-state index is 12.9. The van der Waals surface area contributed by atoms with Gasteiger partial charge in [0.1, 0.15) is 0 Å². The Labute approximate surface area is 184 Å². The standard InChI is InChI=1S/C26H20O6/c1-31-25-19(21(27)15-9-3-5-11-17(15)23(25)29)13-7-8-14-20-22(28)16-10-4-6-12-18(16)24(30)26(20)32-2/h3-12H,13-14H2,1-2H3. The summed E-state index contributed by atoms with van der Waals surface area (Å²) in [7, 11) is 2.72. The summed E-state index contributed by atoms with van der Waals surface area (Å²) in [5.41, 5.74) is 1.84. The van der Waals surface area contributed by atoms with Gasteiger partial charge >= 0.3 is 0 Å². The molecule has 160 valence electrons. The first kappa shape index (κ1) is 21.2. The van der Waals surface area contributed by atoms with Crippen LogP contribution >= 0.6 is 0 Å². The van der Waals surface area contributed by atoms with E-state index in [1.807, 2.05) is 0 Å². The molecule has 0 saturated carbocycles. The van der Waals surface area contributed by atoms with Crippen molar-refractivity contribution in [2.45, 2.75) is 12.8 Å². The average Bonchev–Trinajstić information content (AvgIpc) is 2.82. The normalized spacial score (nSPS) is 15.9. The highest BCUT2D eigenvalue weighted by Gasteiger charge is 2.33. The minimum Gasteiger partial charge on any atom is -0.492 e. The summed E-state index contributed by atoms with van der Waals surface area (Å²) in [4.78, 5) is 51.2. The Morgan fingerprint density at radius 2 is 0.875 bits per heavy atom. The zero-order valence-corrected chi connectivity index (χ0v) is 17.6. The molecule has 0 aromatic heterocycles. The summed E-state index contributed by atoms with van der Waals surface area (Å²) in [6.45, 7) is 0. The molecule has 0 fully saturated rings. The van der Waals surface area contributed by atoms with E-state index < -0.39 is 0 Å². The van der Waals surface area contributed by atoms with Gasteiger partial charge in [0.15, 0.2) is 23.1 Å². The van der Waals surface area contributed by atoms with Crippen molar-refractivity contribution in [1.29, 1.82) is 0 Å².